The Morgan fingerprint density at radius 3 is 2.40 bits per heavy atom. The average Bonchev–Trinajstić information content (AvgIpc) is 3.54. The molecule has 0 saturated carbocycles. The van der Waals surface area contributed by atoms with E-state index in [2.05, 4.69) is 4.98 Å². The van der Waals surface area contributed by atoms with E-state index in [4.69, 9.17) is 14.5 Å². The van der Waals surface area contributed by atoms with Crippen molar-refractivity contribution in [2.24, 2.45) is 12.5 Å². The maximum atomic E-state index is 13.8. The second-order valence-corrected chi connectivity index (χ2v) is 12.9. The fourth-order valence-electron chi connectivity index (χ4n) is 6.80. The minimum atomic E-state index is -5.06. The van der Waals surface area contributed by atoms with Gasteiger partial charge in [-0.3, -0.25) is 4.90 Å². The van der Waals surface area contributed by atoms with E-state index in [1.807, 2.05) is 4.90 Å². The molecule has 0 radical (unpaired) electrons. The number of anilines is 1. The Labute approximate surface area is 282 Å². The van der Waals surface area contributed by atoms with E-state index in [1.165, 1.54) is 36.6 Å². The molecule has 1 aromatic carbocycles. The van der Waals surface area contributed by atoms with Crippen LogP contribution in [0.1, 0.15) is 42.9 Å². The molecular formula is C34H33F6N5O5. The number of imidazole rings is 1. The number of ether oxygens (including phenoxy) is 2. The SMILES string of the molecule is COc1ccc(-c2ncc(C(=O)O)n2C)cc1-c1ccc(N2CCC2)nc1CN1C(=O)OC(C2(C)C=C(C(F)(F)F)C=C(C(F)(F)F)C2)C1C. The third-order valence-electron chi connectivity index (χ3n) is 9.53. The van der Waals surface area contributed by atoms with E-state index in [0.717, 1.165) is 25.6 Å². The van der Waals surface area contributed by atoms with Crippen LogP contribution in [0.3, 0.4) is 0 Å². The lowest BCUT2D eigenvalue weighted by Crippen LogP contribution is -2.44. The molecule has 3 aromatic rings. The molecule has 2 aliphatic heterocycles. The van der Waals surface area contributed by atoms with E-state index in [1.54, 1.807) is 37.4 Å². The van der Waals surface area contributed by atoms with Crippen LogP contribution in [-0.2, 0) is 18.3 Å². The van der Waals surface area contributed by atoms with Crippen LogP contribution in [0.5, 0.6) is 5.75 Å². The van der Waals surface area contributed by atoms with Gasteiger partial charge in [-0.25, -0.2) is 19.6 Å². The molecule has 1 aliphatic carbocycles. The standard InChI is InChI=1S/C34H33F6N5O5/c1-18-28(32(2)14-20(33(35,36)37)13-21(15-32)34(38,39)40)50-31(48)45(18)17-24-22(7-9-27(42-24)44-10-5-11-44)23-12-19(6-8-26(23)49-4)29-41-16-25(30(46)47)43(29)3/h6-9,12-14,16,18,28H,5,10-11,15,17H2,1-4H3,(H,46,47). The number of carbonyl (C=O) groups is 2. The van der Waals surface area contributed by atoms with Crippen LogP contribution in [0, 0.1) is 5.41 Å². The number of aromatic nitrogens is 3. The van der Waals surface area contributed by atoms with Crippen molar-refractivity contribution < 1.29 is 50.5 Å². The molecule has 0 spiro atoms. The van der Waals surface area contributed by atoms with Gasteiger partial charge in [0.05, 0.1) is 37.2 Å². The number of allylic oxidation sites excluding steroid dienone is 3. The van der Waals surface area contributed by atoms with Gasteiger partial charge in [0, 0.05) is 47.8 Å². The summed E-state index contributed by atoms with van der Waals surface area (Å²) in [5, 5.41) is 9.53. The maximum Gasteiger partial charge on any atom is 0.416 e. The van der Waals surface area contributed by atoms with Crippen molar-refractivity contribution in [1.82, 2.24) is 19.4 Å². The molecule has 0 bridgehead atoms. The highest BCUT2D eigenvalue weighted by molar-refractivity contribution is 5.87. The van der Waals surface area contributed by atoms with Crippen LogP contribution in [0.4, 0.5) is 37.0 Å². The monoisotopic (exact) mass is 705 g/mol. The summed E-state index contributed by atoms with van der Waals surface area (Å²) in [5.41, 5.74) is -2.72. The largest absolute Gasteiger partial charge is 0.496 e. The summed E-state index contributed by atoms with van der Waals surface area (Å²) in [7, 11) is 3.03. The summed E-state index contributed by atoms with van der Waals surface area (Å²) in [6, 6.07) is 7.77. The van der Waals surface area contributed by atoms with Gasteiger partial charge in [-0.15, -0.1) is 0 Å². The van der Waals surface area contributed by atoms with Crippen LogP contribution in [-0.4, -0.2) is 81.3 Å². The van der Waals surface area contributed by atoms with Crippen molar-refractivity contribution in [1.29, 1.82) is 0 Å². The molecule has 266 valence electrons. The number of nitrogens with zero attached hydrogens (tertiary/aromatic N) is 5. The molecule has 50 heavy (non-hydrogen) atoms. The first-order chi connectivity index (χ1) is 23.4. The number of rotatable bonds is 8. The number of methoxy groups -OCH3 is 1. The smallest absolute Gasteiger partial charge is 0.416 e. The number of carboxylic acids is 1. The van der Waals surface area contributed by atoms with Crippen LogP contribution in [0.25, 0.3) is 22.5 Å². The number of aromatic carboxylic acids is 1. The summed E-state index contributed by atoms with van der Waals surface area (Å²) in [4.78, 5) is 37.5. The highest BCUT2D eigenvalue weighted by Crippen LogP contribution is 2.49. The zero-order valence-corrected chi connectivity index (χ0v) is 27.4. The molecule has 10 nitrogen and oxygen atoms in total. The van der Waals surface area contributed by atoms with Crippen LogP contribution in [0.2, 0.25) is 0 Å². The summed E-state index contributed by atoms with van der Waals surface area (Å²) in [6.45, 7) is 4.06. The third-order valence-corrected chi connectivity index (χ3v) is 9.53. The lowest BCUT2D eigenvalue weighted by Gasteiger charge is -2.38. The van der Waals surface area contributed by atoms with E-state index in [9.17, 15) is 41.0 Å². The topological polar surface area (TPSA) is 110 Å². The molecule has 2 aromatic heterocycles. The first-order valence-electron chi connectivity index (χ1n) is 15.6. The Kier molecular flexibility index (Phi) is 8.63. The van der Waals surface area contributed by atoms with Crippen molar-refractivity contribution in [2.45, 2.75) is 57.7 Å². The molecule has 1 N–H and O–H groups in total. The lowest BCUT2D eigenvalue weighted by atomic mass is 9.71. The normalized spacial score (nSPS) is 22.6. The van der Waals surface area contributed by atoms with Gasteiger partial charge < -0.3 is 24.0 Å². The minimum Gasteiger partial charge on any atom is -0.496 e. The zero-order valence-electron chi connectivity index (χ0n) is 27.4. The number of carboxylic acid groups (broad SMARTS) is 1. The van der Waals surface area contributed by atoms with Gasteiger partial charge in [0.15, 0.2) is 0 Å². The molecule has 2 saturated heterocycles. The zero-order chi connectivity index (χ0) is 36.3. The first kappa shape index (κ1) is 34.8. The fraction of sp³-hybridized carbons (Fsp3) is 0.412. The Balaban J connectivity index is 1.39. The summed E-state index contributed by atoms with van der Waals surface area (Å²) in [6.07, 6.45) is -10.2. The Bertz CT molecular complexity index is 1910. The third kappa shape index (κ3) is 6.26. The fourth-order valence-corrected chi connectivity index (χ4v) is 6.80. The number of hydrogen-bond acceptors (Lipinski definition) is 7. The van der Waals surface area contributed by atoms with Gasteiger partial charge in [0.25, 0.3) is 0 Å². The van der Waals surface area contributed by atoms with Gasteiger partial charge in [-0.2, -0.15) is 26.3 Å². The number of cyclic esters (lactones) is 1. The van der Waals surface area contributed by atoms with E-state index in [0.29, 0.717) is 39.8 Å². The molecule has 16 heteroatoms. The van der Waals surface area contributed by atoms with Gasteiger partial charge in [0.2, 0.25) is 0 Å². The molecule has 2 fully saturated rings. The Morgan fingerprint density at radius 1 is 1.10 bits per heavy atom. The van der Waals surface area contributed by atoms with Gasteiger partial charge >= 0.3 is 24.4 Å². The van der Waals surface area contributed by atoms with E-state index < -0.39 is 59.5 Å². The number of carbonyl (C=O) groups excluding carboxylic acids is 1. The molecule has 4 heterocycles. The number of alkyl halides is 6. The highest BCUT2D eigenvalue weighted by atomic mass is 19.4. The Morgan fingerprint density at radius 2 is 1.82 bits per heavy atom. The predicted octanol–water partition coefficient (Wildman–Crippen LogP) is 7.16. The van der Waals surface area contributed by atoms with E-state index >= 15 is 0 Å². The van der Waals surface area contributed by atoms with Crippen molar-refractivity contribution in [2.75, 3.05) is 25.1 Å². The quantitative estimate of drug-likeness (QED) is 0.246. The average molecular weight is 706 g/mol. The van der Waals surface area contributed by atoms with Crippen LogP contribution < -0.4 is 9.64 Å². The number of amides is 1. The van der Waals surface area contributed by atoms with Crippen molar-refractivity contribution in [3.8, 4) is 28.3 Å². The van der Waals surface area contributed by atoms with Crippen LogP contribution in [0.15, 0.2) is 59.8 Å². The second-order valence-electron chi connectivity index (χ2n) is 12.9. The van der Waals surface area contributed by atoms with Crippen molar-refractivity contribution in [3.63, 3.8) is 0 Å². The van der Waals surface area contributed by atoms with Crippen molar-refractivity contribution >= 4 is 17.9 Å². The number of pyridine rings is 1. The molecule has 3 unspecified atom stereocenters. The van der Waals surface area contributed by atoms with Gasteiger partial charge in [0.1, 0.15) is 29.2 Å². The van der Waals surface area contributed by atoms with Gasteiger partial charge in [-0.1, -0.05) is 13.0 Å². The predicted molar refractivity (Wildman–Crippen MR) is 168 cm³/mol. The van der Waals surface area contributed by atoms with Crippen molar-refractivity contribution in [3.05, 3.63) is 71.2 Å². The maximum absolute atomic E-state index is 13.8. The number of halogens is 6. The van der Waals surface area contributed by atoms with E-state index in [-0.39, 0.29) is 18.3 Å². The molecule has 1 amide bonds. The molecule has 3 aliphatic rings. The number of benzene rings is 1. The second kappa shape index (κ2) is 12.4. The Hall–Kier alpha value is -5.02. The molecular weight excluding hydrogens is 672 g/mol. The summed E-state index contributed by atoms with van der Waals surface area (Å²) >= 11 is 0. The highest BCUT2D eigenvalue weighted by Gasteiger charge is 2.54. The number of hydrogen-bond donors (Lipinski definition) is 1. The first-order valence-corrected chi connectivity index (χ1v) is 15.6. The summed E-state index contributed by atoms with van der Waals surface area (Å²) < 4.78 is 95.6. The van der Waals surface area contributed by atoms with Crippen LogP contribution >= 0.6 is 0 Å². The lowest BCUT2D eigenvalue weighted by molar-refractivity contribution is -0.105. The minimum absolute atomic E-state index is 0.0311. The molecule has 6 rings (SSSR count). The van der Waals surface area contributed by atoms with Gasteiger partial charge in [-0.05, 0) is 56.2 Å². The summed E-state index contributed by atoms with van der Waals surface area (Å²) in [5.74, 6) is 0.240. The molecule has 3 atom stereocenters.